The number of nitrogens with one attached hydrogen (secondary N) is 1. The summed E-state index contributed by atoms with van der Waals surface area (Å²) >= 11 is 0. The second-order valence-corrected chi connectivity index (χ2v) is 6.18. The van der Waals surface area contributed by atoms with Gasteiger partial charge in [0.1, 0.15) is 11.4 Å². The maximum atomic E-state index is 12.8. The Morgan fingerprint density at radius 3 is 2.65 bits per heavy atom. The summed E-state index contributed by atoms with van der Waals surface area (Å²) in [4.78, 5) is 33.2. The van der Waals surface area contributed by atoms with Gasteiger partial charge in [-0.05, 0) is 32.4 Å². The predicted octanol–water partition coefficient (Wildman–Crippen LogP) is 1.14. The monoisotopic (exact) mass is 357 g/mol. The van der Waals surface area contributed by atoms with Crippen LogP contribution in [0.15, 0.2) is 23.0 Å². The fraction of sp³-hybridized carbons (Fsp3) is 0.444. The third kappa shape index (κ3) is 3.54. The standard InChI is InChI=1S/C18H23N5O3/c1-4-26-15-7-5-6-14(19-15)22-8-10-23(11-9-22)18(25)16-12(2)13(3)20-21-17(16)24/h5-7H,4,8-11H2,1-3H3,(H,21,24). The lowest BCUT2D eigenvalue weighted by atomic mass is 10.1. The molecule has 138 valence electrons. The fourth-order valence-electron chi connectivity index (χ4n) is 2.99. The highest BCUT2D eigenvalue weighted by atomic mass is 16.5. The van der Waals surface area contributed by atoms with Crippen LogP contribution in [-0.4, -0.2) is 58.8 Å². The van der Waals surface area contributed by atoms with Crippen LogP contribution >= 0.6 is 0 Å². The molecular weight excluding hydrogens is 334 g/mol. The van der Waals surface area contributed by atoms with Crippen LogP contribution in [0.4, 0.5) is 5.82 Å². The molecule has 0 aliphatic carbocycles. The molecule has 0 aromatic carbocycles. The number of aromatic amines is 1. The molecule has 26 heavy (non-hydrogen) atoms. The van der Waals surface area contributed by atoms with Crippen LogP contribution in [0.3, 0.4) is 0 Å². The maximum absolute atomic E-state index is 12.8. The first kappa shape index (κ1) is 17.9. The zero-order valence-corrected chi connectivity index (χ0v) is 15.3. The minimum absolute atomic E-state index is 0.183. The fourth-order valence-corrected chi connectivity index (χ4v) is 2.99. The number of carbonyl (C=O) groups excluding carboxylic acids is 1. The van der Waals surface area contributed by atoms with E-state index in [0.29, 0.717) is 49.9 Å². The first-order valence-corrected chi connectivity index (χ1v) is 8.71. The highest BCUT2D eigenvalue weighted by Gasteiger charge is 2.26. The van der Waals surface area contributed by atoms with Crippen molar-refractivity contribution in [2.45, 2.75) is 20.8 Å². The zero-order valence-electron chi connectivity index (χ0n) is 15.3. The summed E-state index contributed by atoms with van der Waals surface area (Å²) in [6, 6.07) is 5.67. The number of carbonyl (C=O) groups is 1. The lowest BCUT2D eigenvalue weighted by Crippen LogP contribution is -2.50. The predicted molar refractivity (Wildman–Crippen MR) is 97.9 cm³/mol. The lowest BCUT2D eigenvalue weighted by Gasteiger charge is -2.35. The van der Waals surface area contributed by atoms with Crippen molar-refractivity contribution in [1.29, 1.82) is 0 Å². The van der Waals surface area contributed by atoms with Gasteiger partial charge in [0.05, 0.1) is 12.3 Å². The molecule has 0 bridgehead atoms. The normalized spacial score (nSPS) is 14.4. The van der Waals surface area contributed by atoms with Crippen LogP contribution in [0.5, 0.6) is 5.88 Å². The second kappa shape index (κ2) is 7.55. The Bertz CT molecular complexity index is 856. The number of nitrogens with zero attached hydrogens (tertiary/aromatic N) is 4. The molecule has 0 unspecified atom stereocenters. The van der Waals surface area contributed by atoms with Crippen molar-refractivity contribution >= 4 is 11.7 Å². The number of amides is 1. The Morgan fingerprint density at radius 1 is 1.23 bits per heavy atom. The molecule has 0 saturated carbocycles. The van der Waals surface area contributed by atoms with E-state index in [1.54, 1.807) is 18.7 Å². The maximum Gasteiger partial charge on any atom is 0.277 e. The Balaban J connectivity index is 1.71. The number of pyridine rings is 1. The molecule has 2 aromatic rings. The summed E-state index contributed by atoms with van der Waals surface area (Å²) in [5.74, 6) is 1.18. The average Bonchev–Trinajstić information content (AvgIpc) is 2.66. The van der Waals surface area contributed by atoms with E-state index in [4.69, 9.17) is 4.74 Å². The molecule has 0 radical (unpaired) electrons. The van der Waals surface area contributed by atoms with Gasteiger partial charge in [0.25, 0.3) is 11.5 Å². The minimum Gasteiger partial charge on any atom is -0.478 e. The van der Waals surface area contributed by atoms with Crippen LogP contribution in [0.25, 0.3) is 0 Å². The number of hydrogen-bond donors (Lipinski definition) is 1. The lowest BCUT2D eigenvalue weighted by molar-refractivity contribution is 0.0743. The first-order valence-electron chi connectivity index (χ1n) is 8.71. The van der Waals surface area contributed by atoms with Gasteiger partial charge in [0.2, 0.25) is 5.88 Å². The van der Waals surface area contributed by atoms with Gasteiger partial charge in [-0.15, -0.1) is 0 Å². The highest BCUT2D eigenvalue weighted by Crippen LogP contribution is 2.18. The van der Waals surface area contributed by atoms with Crippen LogP contribution in [0.2, 0.25) is 0 Å². The molecule has 3 heterocycles. The van der Waals surface area contributed by atoms with Gasteiger partial charge >= 0.3 is 0 Å². The van der Waals surface area contributed by atoms with Gasteiger partial charge in [-0.25, -0.2) is 5.10 Å². The van der Waals surface area contributed by atoms with Crippen LogP contribution in [0, 0.1) is 13.8 Å². The molecule has 1 fully saturated rings. The van der Waals surface area contributed by atoms with Gasteiger partial charge < -0.3 is 14.5 Å². The van der Waals surface area contributed by atoms with Gasteiger partial charge in [0, 0.05) is 32.2 Å². The van der Waals surface area contributed by atoms with Crippen molar-refractivity contribution in [1.82, 2.24) is 20.1 Å². The molecular formula is C18H23N5O3. The van der Waals surface area contributed by atoms with Crippen molar-refractivity contribution in [2.24, 2.45) is 0 Å². The number of anilines is 1. The Hall–Kier alpha value is -2.90. The van der Waals surface area contributed by atoms with Gasteiger partial charge in [-0.2, -0.15) is 10.1 Å². The van der Waals surface area contributed by atoms with Crippen molar-refractivity contribution in [3.8, 4) is 5.88 Å². The summed E-state index contributed by atoms with van der Waals surface area (Å²) in [5.41, 5.74) is 1.03. The van der Waals surface area contributed by atoms with Crippen molar-refractivity contribution in [3.63, 3.8) is 0 Å². The van der Waals surface area contributed by atoms with Crippen molar-refractivity contribution in [3.05, 3.63) is 45.4 Å². The zero-order chi connectivity index (χ0) is 18.7. The smallest absolute Gasteiger partial charge is 0.277 e. The van der Waals surface area contributed by atoms with Gasteiger partial charge in [-0.1, -0.05) is 6.07 Å². The second-order valence-electron chi connectivity index (χ2n) is 6.18. The molecule has 1 amide bonds. The van der Waals surface area contributed by atoms with E-state index in [-0.39, 0.29) is 11.5 Å². The molecule has 2 aromatic heterocycles. The van der Waals surface area contributed by atoms with Crippen molar-refractivity contribution < 1.29 is 9.53 Å². The summed E-state index contributed by atoms with van der Waals surface area (Å²) in [6.45, 7) is 8.37. The Morgan fingerprint density at radius 2 is 1.96 bits per heavy atom. The molecule has 0 atom stereocenters. The summed E-state index contributed by atoms with van der Waals surface area (Å²) in [7, 11) is 0. The molecule has 8 nitrogen and oxygen atoms in total. The molecule has 0 spiro atoms. The molecule has 8 heteroatoms. The van der Waals surface area contributed by atoms with E-state index in [1.807, 2.05) is 25.1 Å². The first-order chi connectivity index (χ1) is 12.5. The minimum atomic E-state index is -0.438. The summed E-state index contributed by atoms with van der Waals surface area (Å²) < 4.78 is 5.45. The SMILES string of the molecule is CCOc1cccc(N2CCN(C(=O)c3c(C)c(C)n[nH]c3=O)CC2)n1. The third-order valence-electron chi connectivity index (χ3n) is 4.58. The van der Waals surface area contributed by atoms with E-state index < -0.39 is 5.56 Å². The molecule has 1 aliphatic heterocycles. The molecule has 1 N–H and O–H groups in total. The number of rotatable bonds is 4. The Labute approximate surface area is 151 Å². The number of aryl methyl sites for hydroxylation is 1. The molecule has 1 saturated heterocycles. The molecule has 3 rings (SSSR count). The highest BCUT2D eigenvalue weighted by molar-refractivity contribution is 5.95. The van der Waals surface area contributed by atoms with Crippen LogP contribution in [-0.2, 0) is 0 Å². The summed E-state index contributed by atoms with van der Waals surface area (Å²) in [6.07, 6.45) is 0. The van der Waals surface area contributed by atoms with Gasteiger partial charge in [-0.3, -0.25) is 9.59 Å². The van der Waals surface area contributed by atoms with Gasteiger partial charge in [0.15, 0.2) is 0 Å². The average molecular weight is 357 g/mol. The number of ether oxygens (including phenoxy) is 1. The number of piperazine rings is 1. The van der Waals surface area contributed by atoms with E-state index in [0.717, 1.165) is 5.82 Å². The quantitative estimate of drug-likeness (QED) is 0.882. The number of H-pyrrole nitrogens is 1. The Kier molecular flexibility index (Phi) is 5.20. The van der Waals surface area contributed by atoms with Crippen molar-refractivity contribution in [2.75, 3.05) is 37.7 Å². The topological polar surface area (TPSA) is 91.4 Å². The summed E-state index contributed by atoms with van der Waals surface area (Å²) in [5, 5.41) is 6.30. The van der Waals surface area contributed by atoms with E-state index in [2.05, 4.69) is 20.1 Å². The number of aromatic nitrogens is 3. The van der Waals surface area contributed by atoms with Crippen LogP contribution in [0.1, 0.15) is 28.5 Å². The number of hydrogen-bond acceptors (Lipinski definition) is 6. The van der Waals surface area contributed by atoms with E-state index in [1.165, 1.54) is 0 Å². The van der Waals surface area contributed by atoms with E-state index in [9.17, 15) is 9.59 Å². The molecule has 1 aliphatic rings. The van der Waals surface area contributed by atoms with Crippen LogP contribution < -0.4 is 15.2 Å². The largest absolute Gasteiger partial charge is 0.478 e. The van der Waals surface area contributed by atoms with E-state index >= 15 is 0 Å². The third-order valence-corrected chi connectivity index (χ3v) is 4.58.